The van der Waals surface area contributed by atoms with E-state index in [0.29, 0.717) is 43.2 Å². The summed E-state index contributed by atoms with van der Waals surface area (Å²) in [6.07, 6.45) is 1.30. The molecule has 9 nitrogen and oxygen atoms in total. The maximum absolute atomic E-state index is 12.9. The molecule has 0 atom stereocenters. The Bertz CT molecular complexity index is 938. The molecule has 1 N–H and O–H groups in total. The van der Waals surface area contributed by atoms with Gasteiger partial charge in [0.15, 0.2) is 0 Å². The maximum atomic E-state index is 12.9. The first-order valence-electron chi connectivity index (χ1n) is 8.94. The molecule has 9 heteroatoms. The van der Waals surface area contributed by atoms with Gasteiger partial charge in [0.1, 0.15) is 17.2 Å². The summed E-state index contributed by atoms with van der Waals surface area (Å²) in [6, 6.07) is 7.73. The number of methoxy groups -OCH3 is 2. The van der Waals surface area contributed by atoms with E-state index in [1.165, 1.54) is 32.5 Å². The van der Waals surface area contributed by atoms with Crippen LogP contribution in [0.15, 0.2) is 36.5 Å². The van der Waals surface area contributed by atoms with E-state index in [1.54, 1.807) is 28.0 Å². The van der Waals surface area contributed by atoms with Crippen molar-refractivity contribution >= 4 is 17.8 Å². The fraction of sp³-hybridized carbons (Fsp3) is 0.300. The van der Waals surface area contributed by atoms with Gasteiger partial charge >= 0.3 is 5.97 Å². The largest absolute Gasteiger partial charge is 0.497 e. The predicted molar refractivity (Wildman–Crippen MR) is 103 cm³/mol. The lowest BCUT2D eigenvalue weighted by molar-refractivity contribution is 0.0533. The van der Waals surface area contributed by atoms with Crippen LogP contribution in [-0.4, -0.2) is 78.1 Å². The number of pyridine rings is 1. The summed E-state index contributed by atoms with van der Waals surface area (Å²) in [5.41, 5.74) is 0.499. The average molecular weight is 399 g/mol. The number of carboxylic acids is 1. The van der Waals surface area contributed by atoms with Crippen molar-refractivity contribution in [1.29, 1.82) is 0 Å². The van der Waals surface area contributed by atoms with E-state index >= 15 is 0 Å². The number of carbonyl (C=O) groups excluding carboxylic acids is 2. The molecule has 1 aliphatic rings. The number of piperazine rings is 1. The zero-order valence-electron chi connectivity index (χ0n) is 16.1. The Hall–Kier alpha value is -3.62. The van der Waals surface area contributed by atoms with Crippen LogP contribution in [-0.2, 0) is 0 Å². The summed E-state index contributed by atoms with van der Waals surface area (Å²) in [7, 11) is 3.02. The summed E-state index contributed by atoms with van der Waals surface area (Å²) in [4.78, 5) is 43.6. The van der Waals surface area contributed by atoms with E-state index in [1.807, 2.05) is 0 Å². The van der Waals surface area contributed by atoms with E-state index in [2.05, 4.69) is 4.98 Å². The van der Waals surface area contributed by atoms with Gasteiger partial charge in [-0.05, 0) is 24.3 Å². The molecule has 0 bridgehead atoms. The smallest absolute Gasteiger partial charge is 0.354 e. The zero-order chi connectivity index (χ0) is 21.0. The first-order chi connectivity index (χ1) is 13.9. The molecule has 0 spiro atoms. The molecule has 3 rings (SSSR count). The summed E-state index contributed by atoms with van der Waals surface area (Å²) in [5, 5.41) is 9.03. The van der Waals surface area contributed by atoms with E-state index in [0.717, 1.165) is 0 Å². The van der Waals surface area contributed by atoms with Gasteiger partial charge in [0, 0.05) is 44.0 Å². The van der Waals surface area contributed by atoms with Crippen molar-refractivity contribution in [3.8, 4) is 11.5 Å². The molecule has 0 unspecified atom stereocenters. The van der Waals surface area contributed by atoms with Crippen molar-refractivity contribution in [2.24, 2.45) is 0 Å². The number of hydrogen-bond acceptors (Lipinski definition) is 6. The Morgan fingerprint density at radius 3 is 2.17 bits per heavy atom. The van der Waals surface area contributed by atoms with Gasteiger partial charge in [0.25, 0.3) is 11.8 Å². The molecule has 1 saturated heterocycles. The van der Waals surface area contributed by atoms with Crippen molar-refractivity contribution < 1.29 is 29.0 Å². The minimum atomic E-state index is -1.19. The van der Waals surface area contributed by atoms with Gasteiger partial charge in [-0.1, -0.05) is 0 Å². The monoisotopic (exact) mass is 399 g/mol. The van der Waals surface area contributed by atoms with Crippen molar-refractivity contribution in [2.45, 2.75) is 0 Å². The van der Waals surface area contributed by atoms with E-state index in [-0.39, 0.29) is 23.1 Å². The lowest BCUT2D eigenvalue weighted by Gasteiger charge is -2.35. The van der Waals surface area contributed by atoms with Crippen molar-refractivity contribution in [3.63, 3.8) is 0 Å². The number of carbonyl (C=O) groups is 3. The summed E-state index contributed by atoms with van der Waals surface area (Å²) in [5.74, 6) is -0.654. The third kappa shape index (κ3) is 4.29. The maximum Gasteiger partial charge on any atom is 0.354 e. The molecule has 29 heavy (non-hydrogen) atoms. The Balaban J connectivity index is 1.67. The lowest BCUT2D eigenvalue weighted by Crippen LogP contribution is -2.50. The molecule has 2 aromatic rings. The van der Waals surface area contributed by atoms with Crippen LogP contribution in [0.25, 0.3) is 0 Å². The molecular formula is C20H21N3O6. The van der Waals surface area contributed by atoms with Crippen molar-refractivity contribution in [3.05, 3.63) is 53.3 Å². The lowest BCUT2D eigenvalue weighted by atomic mass is 10.1. The van der Waals surface area contributed by atoms with Crippen molar-refractivity contribution in [1.82, 2.24) is 14.8 Å². The first-order valence-corrected chi connectivity index (χ1v) is 8.94. The zero-order valence-corrected chi connectivity index (χ0v) is 16.1. The number of ether oxygens (including phenoxy) is 2. The highest BCUT2D eigenvalue weighted by atomic mass is 16.5. The van der Waals surface area contributed by atoms with Crippen LogP contribution < -0.4 is 9.47 Å². The standard InChI is InChI=1S/C20H21N3O6/c1-28-14-3-4-15(17(12-14)29-2)19(25)23-9-7-22(8-10-23)18(24)13-5-6-21-16(11-13)20(26)27/h3-6,11-12H,7-10H2,1-2H3,(H,26,27). The Morgan fingerprint density at radius 2 is 1.59 bits per heavy atom. The van der Waals surface area contributed by atoms with Crippen LogP contribution in [0.2, 0.25) is 0 Å². The normalized spacial score (nSPS) is 13.7. The van der Waals surface area contributed by atoms with E-state index < -0.39 is 5.97 Å². The fourth-order valence-corrected chi connectivity index (χ4v) is 3.12. The Kier molecular flexibility index (Phi) is 5.96. The topological polar surface area (TPSA) is 109 Å². The van der Waals surface area contributed by atoms with Gasteiger partial charge < -0.3 is 24.4 Å². The summed E-state index contributed by atoms with van der Waals surface area (Å²) in [6.45, 7) is 1.40. The predicted octanol–water partition coefficient (Wildman–Crippen LogP) is 1.40. The second-order valence-corrected chi connectivity index (χ2v) is 6.39. The molecule has 2 heterocycles. The van der Waals surface area contributed by atoms with Gasteiger partial charge in [-0.2, -0.15) is 0 Å². The molecule has 0 aliphatic carbocycles. The van der Waals surface area contributed by atoms with Gasteiger partial charge in [0.2, 0.25) is 0 Å². The fourth-order valence-electron chi connectivity index (χ4n) is 3.12. The quantitative estimate of drug-likeness (QED) is 0.809. The number of benzene rings is 1. The highest BCUT2D eigenvalue weighted by Gasteiger charge is 2.27. The minimum absolute atomic E-state index is 0.184. The third-order valence-electron chi connectivity index (χ3n) is 4.72. The van der Waals surface area contributed by atoms with Crippen LogP contribution in [0, 0.1) is 0 Å². The molecular weight excluding hydrogens is 378 g/mol. The SMILES string of the molecule is COc1ccc(C(=O)N2CCN(C(=O)c3ccnc(C(=O)O)c3)CC2)c(OC)c1. The number of hydrogen-bond donors (Lipinski definition) is 1. The first kappa shape index (κ1) is 20.1. The molecule has 0 radical (unpaired) electrons. The summed E-state index contributed by atoms with van der Waals surface area (Å²) >= 11 is 0. The van der Waals surface area contributed by atoms with Crippen LogP contribution >= 0.6 is 0 Å². The Morgan fingerprint density at radius 1 is 0.931 bits per heavy atom. The molecule has 2 amide bonds. The van der Waals surface area contributed by atoms with Crippen LogP contribution in [0.1, 0.15) is 31.2 Å². The molecule has 1 aromatic heterocycles. The highest BCUT2D eigenvalue weighted by Crippen LogP contribution is 2.26. The van der Waals surface area contributed by atoms with E-state index in [4.69, 9.17) is 14.6 Å². The minimum Gasteiger partial charge on any atom is -0.497 e. The number of amides is 2. The van der Waals surface area contributed by atoms with Gasteiger partial charge in [0.05, 0.1) is 19.8 Å². The summed E-state index contributed by atoms with van der Waals surface area (Å²) < 4.78 is 10.5. The average Bonchev–Trinajstić information content (AvgIpc) is 2.77. The number of nitrogens with zero attached hydrogens (tertiary/aromatic N) is 3. The molecule has 1 fully saturated rings. The molecule has 152 valence electrons. The van der Waals surface area contributed by atoms with Crippen molar-refractivity contribution in [2.75, 3.05) is 40.4 Å². The van der Waals surface area contributed by atoms with Gasteiger partial charge in [-0.3, -0.25) is 9.59 Å². The van der Waals surface area contributed by atoms with Crippen LogP contribution in [0.5, 0.6) is 11.5 Å². The van der Waals surface area contributed by atoms with Crippen LogP contribution in [0.4, 0.5) is 0 Å². The highest BCUT2D eigenvalue weighted by molar-refractivity contribution is 5.98. The van der Waals surface area contributed by atoms with Crippen LogP contribution in [0.3, 0.4) is 0 Å². The van der Waals surface area contributed by atoms with E-state index in [9.17, 15) is 14.4 Å². The number of rotatable bonds is 5. The molecule has 0 saturated carbocycles. The molecule has 1 aromatic carbocycles. The second-order valence-electron chi connectivity index (χ2n) is 6.39. The molecule has 1 aliphatic heterocycles. The number of aromatic nitrogens is 1. The second kappa shape index (κ2) is 8.59. The number of carboxylic acid groups (broad SMARTS) is 1. The van der Waals surface area contributed by atoms with Gasteiger partial charge in [-0.15, -0.1) is 0 Å². The van der Waals surface area contributed by atoms with Gasteiger partial charge in [-0.25, -0.2) is 9.78 Å². The number of aromatic carboxylic acids is 1. The third-order valence-corrected chi connectivity index (χ3v) is 4.72. The Labute approximate surface area is 167 Å².